The molecule has 1 N–H and O–H groups in total. The standard InChI is InChI=1S/C18H26N2O/c1-4-11-20-18(9-8-14(2)21-3)16-7-5-6-15-10-12-19-13-17(15)16/h5-7,10,12-14,18,20H,4,8-9,11H2,1-3H3. The van der Waals surface area contributed by atoms with Crippen molar-refractivity contribution >= 4 is 10.8 Å². The highest BCUT2D eigenvalue weighted by Crippen LogP contribution is 2.27. The Hall–Kier alpha value is -1.45. The Bertz CT molecular complexity index is 550. The maximum atomic E-state index is 5.39. The number of nitrogens with one attached hydrogen (secondary N) is 1. The monoisotopic (exact) mass is 286 g/mol. The SMILES string of the molecule is CCCNC(CCC(C)OC)c1cccc2ccncc12. The lowest BCUT2D eigenvalue weighted by molar-refractivity contribution is 0.106. The normalized spacial score (nSPS) is 14.2. The molecular formula is C18H26N2O. The van der Waals surface area contributed by atoms with Gasteiger partial charge >= 0.3 is 0 Å². The van der Waals surface area contributed by atoms with E-state index < -0.39 is 0 Å². The lowest BCUT2D eigenvalue weighted by Gasteiger charge is -2.22. The van der Waals surface area contributed by atoms with Gasteiger partial charge in [-0.3, -0.25) is 4.98 Å². The number of nitrogens with zero attached hydrogens (tertiary/aromatic N) is 1. The third-order valence-electron chi connectivity index (χ3n) is 4.00. The fourth-order valence-electron chi connectivity index (χ4n) is 2.65. The van der Waals surface area contributed by atoms with Crippen LogP contribution in [0.5, 0.6) is 0 Å². The van der Waals surface area contributed by atoms with Crippen LogP contribution in [-0.4, -0.2) is 24.7 Å². The molecule has 0 saturated heterocycles. The van der Waals surface area contributed by atoms with E-state index in [4.69, 9.17) is 4.74 Å². The Kier molecular flexibility index (Phi) is 6.15. The number of hydrogen-bond donors (Lipinski definition) is 1. The summed E-state index contributed by atoms with van der Waals surface area (Å²) in [5, 5.41) is 6.18. The zero-order valence-electron chi connectivity index (χ0n) is 13.3. The molecule has 3 heteroatoms. The summed E-state index contributed by atoms with van der Waals surface area (Å²) in [6, 6.07) is 8.94. The predicted molar refractivity (Wildman–Crippen MR) is 88.5 cm³/mol. The highest BCUT2D eigenvalue weighted by atomic mass is 16.5. The summed E-state index contributed by atoms with van der Waals surface area (Å²) in [5.41, 5.74) is 1.34. The minimum atomic E-state index is 0.295. The van der Waals surface area contributed by atoms with E-state index in [2.05, 4.69) is 48.4 Å². The van der Waals surface area contributed by atoms with Gasteiger partial charge in [0.25, 0.3) is 0 Å². The smallest absolute Gasteiger partial charge is 0.0543 e. The van der Waals surface area contributed by atoms with Crippen LogP contribution in [0.4, 0.5) is 0 Å². The van der Waals surface area contributed by atoms with Crippen molar-refractivity contribution in [2.75, 3.05) is 13.7 Å². The van der Waals surface area contributed by atoms with Crippen molar-refractivity contribution in [1.29, 1.82) is 0 Å². The molecule has 1 heterocycles. The molecule has 0 fully saturated rings. The molecule has 0 spiro atoms. The van der Waals surface area contributed by atoms with Crippen molar-refractivity contribution in [3.8, 4) is 0 Å². The molecule has 2 atom stereocenters. The van der Waals surface area contributed by atoms with Gasteiger partial charge in [-0.25, -0.2) is 0 Å². The fourth-order valence-corrected chi connectivity index (χ4v) is 2.65. The van der Waals surface area contributed by atoms with E-state index in [9.17, 15) is 0 Å². The van der Waals surface area contributed by atoms with Crippen LogP contribution in [0.3, 0.4) is 0 Å². The molecule has 1 aromatic heterocycles. The molecule has 0 bridgehead atoms. The zero-order chi connectivity index (χ0) is 15.1. The molecule has 0 amide bonds. The van der Waals surface area contributed by atoms with Crippen molar-refractivity contribution < 1.29 is 4.74 Å². The average Bonchev–Trinajstić information content (AvgIpc) is 2.54. The molecule has 0 aliphatic rings. The van der Waals surface area contributed by atoms with Gasteiger partial charge in [-0.15, -0.1) is 0 Å². The summed E-state index contributed by atoms with van der Waals surface area (Å²) in [6.07, 6.45) is 7.39. The van der Waals surface area contributed by atoms with Crippen LogP contribution in [0.1, 0.15) is 44.7 Å². The Balaban J connectivity index is 2.25. The first-order valence-corrected chi connectivity index (χ1v) is 7.85. The minimum absolute atomic E-state index is 0.295. The molecular weight excluding hydrogens is 260 g/mol. The fraction of sp³-hybridized carbons (Fsp3) is 0.500. The third-order valence-corrected chi connectivity index (χ3v) is 4.00. The highest BCUT2D eigenvalue weighted by Gasteiger charge is 2.15. The Labute approximate surface area is 127 Å². The first-order chi connectivity index (χ1) is 10.3. The first kappa shape index (κ1) is 15.9. The van der Waals surface area contributed by atoms with Crippen LogP contribution in [0, 0.1) is 0 Å². The van der Waals surface area contributed by atoms with E-state index in [0.717, 1.165) is 25.8 Å². The van der Waals surface area contributed by atoms with Crippen LogP contribution < -0.4 is 5.32 Å². The molecule has 2 unspecified atom stereocenters. The lowest BCUT2D eigenvalue weighted by Crippen LogP contribution is -2.23. The summed E-state index contributed by atoms with van der Waals surface area (Å²) >= 11 is 0. The first-order valence-electron chi connectivity index (χ1n) is 7.85. The molecule has 2 rings (SSSR count). The van der Waals surface area contributed by atoms with Crippen molar-refractivity contribution in [3.63, 3.8) is 0 Å². The number of hydrogen-bond acceptors (Lipinski definition) is 3. The second kappa shape index (κ2) is 8.11. The maximum Gasteiger partial charge on any atom is 0.0543 e. The Morgan fingerprint density at radius 2 is 2.10 bits per heavy atom. The lowest BCUT2D eigenvalue weighted by atomic mass is 9.96. The molecule has 0 saturated carbocycles. The van der Waals surface area contributed by atoms with Crippen LogP contribution in [-0.2, 0) is 4.74 Å². The van der Waals surface area contributed by atoms with E-state index in [1.807, 2.05) is 12.4 Å². The molecule has 1 aromatic carbocycles. The van der Waals surface area contributed by atoms with E-state index in [-0.39, 0.29) is 0 Å². The van der Waals surface area contributed by atoms with Crippen LogP contribution in [0.2, 0.25) is 0 Å². The van der Waals surface area contributed by atoms with E-state index >= 15 is 0 Å². The van der Waals surface area contributed by atoms with E-state index in [1.54, 1.807) is 7.11 Å². The quantitative estimate of drug-likeness (QED) is 0.793. The van der Waals surface area contributed by atoms with E-state index in [1.165, 1.54) is 16.3 Å². The topological polar surface area (TPSA) is 34.1 Å². The van der Waals surface area contributed by atoms with Crippen LogP contribution in [0.25, 0.3) is 10.8 Å². The van der Waals surface area contributed by atoms with Gasteiger partial charge in [0.15, 0.2) is 0 Å². The largest absolute Gasteiger partial charge is 0.382 e. The average molecular weight is 286 g/mol. The summed E-state index contributed by atoms with van der Waals surface area (Å²) in [5.74, 6) is 0. The summed E-state index contributed by atoms with van der Waals surface area (Å²) in [4.78, 5) is 4.30. The summed E-state index contributed by atoms with van der Waals surface area (Å²) in [6.45, 7) is 5.36. The van der Waals surface area contributed by atoms with Gasteiger partial charge in [0.1, 0.15) is 0 Å². The molecule has 0 aliphatic heterocycles. The van der Waals surface area contributed by atoms with Crippen LogP contribution in [0.15, 0.2) is 36.7 Å². The third kappa shape index (κ3) is 4.26. The number of fused-ring (bicyclic) bond motifs is 1. The second-order valence-corrected chi connectivity index (χ2v) is 5.57. The number of aromatic nitrogens is 1. The summed E-state index contributed by atoms with van der Waals surface area (Å²) < 4.78 is 5.39. The van der Waals surface area contributed by atoms with Gasteiger partial charge < -0.3 is 10.1 Å². The van der Waals surface area contributed by atoms with Crippen molar-refractivity contribution in [1.82, 2.24) is 10.3 Å². The number of ether oxygens (including phenoxy) is 1. The zero-order valence-corrected chi connectivity index (χ0v) is 13.3. The Morgan fingerprint density at radius 3 is 2.86 bits per heavy atom. The molecule has 3 nitrogen and oxygen atoms in total. The number of methoxy groups -OCH3 is 1. The van der Waals surface area contributed by atoms with Gasteiger partial charge in [-0.2, -0.15) is 0 Å². The number of benzene rings is 1. The molecule has 0 aliphatic carbocycles. The van der Waals surface area contributed by atoms with Gasteiger partial charge in [0, 0.05) is 30.9 Å². The second-order valence-electron chi connectivity index (χ2n) is 5.57. The highest BCUT2D eigenvalue weighted by molar-refractivity contribution is 5.85. The van der Waals surface area contributed by atoms with Gasteiger partial charge in [-0.1, -0.05) is 25.1 Å². The molecule has 21 heavy (non-hydrogen) atoms. The van der Waals surface area contributed by atoms with Crippen molar-refractivity contribution in [3.05, 3.63) is 42.2 Å². The maximum absolute atomic E-state index is 5.39. The van der Waals surface area contributed by atoms with Crippen molar-refractivity contribution in [2.24, 2.45) is 0 Å². The predicted octanol–water partition coefficient (Wildman–Crippen LogP) is 4.09. The molecule has 114 valence electrons. The van der Waals surface area contributed by atoms with Gasteiger partial charge in [0.05, 0.1) is 6.10 Å². The van der Waals surface area contributed by atoms with E-state index in [0.29, 0.717) is 12.1 Å². The molecule has 2 aromatic rings. The number of rotatable bonds is 8. The summed E-state index contributed by atoms with van der Waals surface area (Å²) in [7, 11) is 1.78. The minimum Gasteiger partial charge on any atom is -0.382 e. The Morgan fingerprint density at radius 1 is 1.24 bits per heavy atom. The van der Waals surface area contributed by atoms with Gasteiger partial charge in [-0.05, 0) is 49.7 Å². The molecule has 0 radical (unpaired) electrons. The number of pyridine rings is 1. The van der Waals surface area contributed by atoms with Crippen molar-refractivity contribution in [2.45, 2.75) is 45.3 Å². The van der Waals surface area contributed by atoms with Crippen LogP contribution >= 0.6 is 0 Å². The van der Waals surface area contributed by atoms with Gasteiger partial charge in [0.2, 0.25) is 0 Å².